The van der Waals surface area contributed by atoms with E-state index in [-0.39, 0.29) is 35.3 Å². The van der Waals surface area contributed by atoms with Crippen LogP contribution in [-0.4, -0.2) is 26.6 Å². The third-order valence-electron chi connectivity index (χ3n) is 3.69. The molecular weight excluding hydrogens is 287 g/mol. The van der Waals surface area contributed by atoms with Gasteiger partial charge in [0.05, 0.1) is 0 Å². The van der Waals surface area contributed by atoms with Gasteiger partial charge in [0.25, 0.3) is 0 Å². The van der Waals surface area contributed by atoms with Gasteiger partial charge in [0.1, 0.15) is 6.17 Å². The third-order valence-corrected chi connectivity index (χ3v) is 3.69. The van der Waals surface area contributed by atoms with Crippen molar-refractivity contribution in [1.82, 2.24) is 0 Å². The van der Waals surface area contributed by atoms with Gasteiger partial charge in [0.15, 0.2) is 23.0 Å². The molecule has 0 spiro atoms. The standard InChI is InChI=1S/C17H19FO4/c1-10(6-11-2-4-14(19)16(21)8-11)13(18)7-12-3-5-15(20)17(22)9-12/h2-5,8-10,13,19-22H,6-7H2,1H3. The molecule has 0 saturated carbocycles. The minimum Gasteiger partial charge on any atom is -0.504 e. The normalized spacial score (nSPS) is 13.7. The Morgan fingerprint density at radius 2 is 1.23 bits per heavy atom. The smallest absolute Gasteiger partial charge is 0.157 e. The number of hydrogen-bond donors (Lipinski definition) is 4. The number of phenols is 4. The molecule has 2 aromatic carbocycles. The largest absolute Gasteiger partial charge is 0.504 e. The van der Waals surface area contributed by atoms with Crippen molar-refractivity contribution >= 4 is 0 Å². The highest BCUT2D eigenvalue weighted by atomic mass is 19.1. The maximum Gasteiger partial charge on any atom is 0.157 e. The molecule has 0 saturated heterocycles. The molecule has 0 bridgehead atoms. The van der Waals surface area contributed by atoms with Crippen LogP contribution in [0.25, 0.3) is 0 Å². The highest BCUT2D eigenvalue weighted by Gasteiger charge is 2.18. The molecule has 2 aromatic rings. The predicted molar refractivity (Wildman–Crippen MR) is 81.0 cm³/mol. The van der Waals surface area contributed by atoms with E-state index in [4.69, 9.17) is 0 Å². The van der Waals surface area contributed by atoms with E-state index in [1.807, 2.05) is 0 Å². The maximum absolute atomic E-state index is 14.3. The Morgan fingerprint density at radius 1 is 0.773 bits per heavy atom. The molecule has 5 heteroatoms. The lowest BCUT2D eigenvalue weighted by molar-refractivity contribution is 0.238. The van der Waals surface area contributed by atoms with E-state index in [1.165, 1.54) is 24.3 Å². The van der Waals surface area contributed by atoms with Crippen LogP contribution in [0.1, 0.15) is 18.1 Å². The lowest BCUT2D eigenvalue weighted by Gasteiger charge is -2.17. The fraction of sp³-hybridized carbons (Fsp3) is 0.294. The lowest BCUT2D eigenvalue weighted by Crippen LogP contribution is -2.18. The lowest BCUT2D eigenvalue weighted by atomic mass is 9.92. The summed E-state index contributed by atoms with van der Waals surface area (Å²) in [5, 5.41) is 37.4. The number of phenolic OH excluding ortho intramolecular Hbond substituents is 4. The van der Waals surface area contributed by atoms with Crippen LogP contribution in [-0.2, 0) is 12.8 Å². The van der Waals surface area contributed by atoms with Gasteiger partial charge < -0.3 is 20.4 Å². The van der Waals surface area contributed by atoms with Crippen LogP contribution in [0.4, 0.5) is 4.39 Å². The van der Waals surface area contributed by atoms with Gasteiger partial charge in [0.2, 0.25) is 0 Å². The van der Waals surface area contributed by atoms with E-state index < -0.39 is 6.17 Å². The molecule has 2 rings (SSSR count). The second-order valence-corrected chi connectivity index (χ2v) is 5.55. The number of rotatable bonds is 5. The van der Waals surface area contributed by atoms with E-state index in [9.17, 15) is 24.8 Å². The zero-order chi connectivity index (χ0) is 16.3. The first-order valence-corrected chi connectivity index (χ1v) is 7.02. The summed E-state index contributed by atoms with van der Waals surface area (Å²) in [6, 6.07) is 8.69. The van der Waals surface area contributed by atoms with Crippen molar-refractivity contribution in [2.75, 3.05) is 0 Å². The summed E-state index contributed by atoms with van der Waals surface area (Å²) < 4.78 is 14.3. The molecule has 0 radical (unpaired) electrons. The predicted octanol–water partition coefficient (Wildman–Crippen LogP) is 3.27. The summed E-state index contributed by atoms with van der Waals surface area (Å²) in [6.07, 6.45) is -0.599. The number of benzene rings is 2. The van der Waals surface area contributed by atoms with Gasteiger partial charge in [-0.05, 0) is 47.7 Å². The van der Waals surface area contributed by atoms with Gasteiger partial charge in [-0.1, -0.05) is 19.1 Å². The zero-order valence-electron chi connectivity index (χ0n) is 12.2. The van der Waals surface area contributed by atoms with Crippen molar-refractivity contribution < 1.29 is 24.8 Å². The van der Waals surface area contributed by atoms with Crippen molar-refractivity contribution in [2.24, 2.45) is 5.92 Å². The first-order valence-electron chi connectivity index (χ1n) is 7.02. The molecule has 2 unspecified atom stereocenters. The Balaban J connectivity index is 2.00. The number of hydrogen-bond acceptors (Lipinski definition) is 4. The van der Waals surface area contributed by atoms with Crippen LogP contribution in [0.5, 0.6) is 23.0 Å². The molecule has 4 nitrogen and oxygen atoms in total. The van der Waals surface area contributed by atoms with E-state index in [1.54, 1.807) is 19.1 Å². The van der Waals surface area contributed by atoms with Crippen LogP contribution in [0.2, 0.25) is 0 Å². The van der Waals surface area contributed by atoms with E-state index in [0.717, 1.165) is 5.56 Å². The van der Waals surface area contributed by atoms with Crippen LogP contribution in [0, 0.1) is 5.92 Å². The highest BCUT2D eigenvalue weighted by molar-refractivity contribution is 5.41. The van der Waals surface area contributed by atoms with E-state index in [0.29, 0.717) is 12.0 Å². The average molecular weight is 306 g/mol. The minimum atomic E-state index is -1.14. The van der Waals surface area contributed by atoms with Gasteiger partial charge in [-0.15, -0.1) is 0 Å². The number of halogens is 1. The Hall–Kier alpha value is -2.43. The fourth-order valence-corrected chi connectivity index (χ4v) is 2.32. The fourth-order valence-electron chi connectivity index (χ4n) is 2.32. The molecule has 0 amide bonds. The molecule has 0 aliphatic rings. The molecule has 4 N–H and O–H groups in total. The first kappa shape index (κ1) is 15.9. The highest BCUT2D eigenvalue weighted by Crippen LogP contribution is 2.29. The molecule has 118 valence electrons. The molecule has 0 aromatic heterocycles. The second kappa shape index (κ2) is 6.56. The van der Waals surface area contributed by atoms with Crippen molar-refractivity contribution in [3.8, 4) is 23.0 Å². The van der Waals surface area contributed by atoms with Crippen LogP contribution < -0.4 is 0 Å². The van der Waals surface area contributed by atoms with Gasteiger partial charge >= 0.3 is 0 Å². The Labute approximate surface area is 128 Å². The molecule has 0 aliphatic carbocycles. The average Bonchev–Trinajstić information content (AvgIpc) is 2.46. The topological polar surface area (TPSA) is 80.9 Å². The second-order valence-electron chi connectivity index (χ2n) is 5.55. The van der Waals surface area contributed by atoms with E-state index >= 15 is 0 Å². The quantitative estimate of drug-likeness (QED) is 0.639. The molecule has 0 fully saturated rings. The summed E-state index contributed by atoms with van der Waals surface area (Å²) >= 11 is 0. The Bertz CT molecular complexity index is 600. The van der Waals surface area contributed by atoms with Crippen molar-refractivity contribution in [2.45, 2.75) is 25.9 Å². The molecule has 2 atom stereocenters. The summed E-state index contributed by atoms with van der Waals surface area (Å²) in [7, 11) is 0. The Kier molecular flexibility index (Phi) is 4.75. The van der Waals surface area contributed by atoms with Gasteiger partial charge in [0, 0.05) is 6.42 Å². The first-order chi connectivity index (χ1) is 10.4. The van der Waals surface area contributed by atoms with Gasteiger partial charge in [-0.2, -0.15) is 0 Å². The third kappa shape index (κ3) is 3.81. The summed E-state index contributed by atoms with van der Waals surface area (Å²) in [5.74, 6) is -1.22. The number of aromatic hydroxyl groups is 4. The Morgan fingerprint density at radius 3 is 1.68 bits per heavy atom. The van der Waals surface area contributed by atoms with Crippen molar-refractivity contribution in [3.05, 3.63) is 47.5 Å². The monoisotopic (exact) mass is 306 g/mol. The van der Waals surface area contributed by atoms with Crippen molar-refractivity contribution in [1.29, 1.82) is 0 Å². The summed E-state index contributed by atoms with van der Waals surface area (Å²) in [4.78, 5) is 0. The SMILES string of the molecule is CC(Cc1ccc(O)c(O)c1)C(F)Cc1ccc(O)c(O)c1. The van der Waals surface area contributed by atoms with Crippen LogP contribution in [0.3, 0.4) is 0 Å². The van der Waals surface area contributed by atoms with Gasteiger partial charge in [-0.25, -0.2) is 4.39 Å². The number of alkyl halides is 1. The van der Waals surface area contributed by atoms with Crippen LogP contribution in [0.15, 0.2) is 36.4 Å². The van der Waals surface area contributed by atoms with Crippen LogP contribution >= 0.6 is 0 Å². The molecule has 0 heterocycles. The van der Waals surface area contributed by atoms with E-state index in [2.05, 4.69) is 0 Å². The minimum absolute atomic E-state index is 0.124. The molecular formula is C17H19FO4. The van der Waals surface area contributed by atoms with Crippen molar-refractivity contribution in [3.63, 3.8) is 0 Å². The zero-order valence-corrected chi connectivity index (χ0v) is 12.2. The molecule has 0 aliphatic heterocycles. The maximum atomic E-state index is 14.3. The molecule has 22 heavy (non-hydrogen) atoms. The summed E-state index contributed by atoms with van der Waals surface area (Å²) in [5.41, 5.74) is 1.34. The summed E-state index contributed by atoms with van der Waals surface area (Å²) in [6.45, 7) is 1.76. The van der Waals surface area contributed by atoms with Gasteiger partial charge in [-0.3, -0.25) is 0 Å².